The predicted octanol–water partition coefficient (Wildman–Crippen LogP) is 5.05. The van der Waals surface area contributed by atoms with Crippen molar-refractivity contribution in [2.24, 2.45) is 0 Å². The van der Waals surface area contributed by atoms with Gasteiger partial charge in [-0.1, -0.05) is 49.7 Å². The molecule has 0 bridgehead atoms. The number of aryl methyl sites for hydroxylation is 1. The molecule has 0 atom stereocenters. The third kappa shape index (κ3) is 4.37. The Kier molecular flexibility index (Phi) is 5.70. The van der Waals surface area contributed by atoms with Crippen molar-refractivity contribution < 1.29 is 22.4 Å². The van der Waals surface area contributed by atoms with E-state index < -0.39 is 34.6 Å². The first-order valence-electron chi connectivity index (χ1n) is 9.26. The number of benzene rings is 2. The van der Waals surface area contributed by atoms with E-state index in [0.717, 1.165) is 11.8 Å². The van der Waals surface area contributed by atoms with Crippen LogP contribution in [0.1, 0.15) is 41.0 Å². The molecule has 1 aromatic heterocycles. The summed E-state index contributed by atoms with van der Waals surface area (Å²) in [5.74, 6) is -1.37. The maximum Gasteiger partial charge on any atom is 0.434 e. The van der Waals surface area contributed by atoms with Crippen LogP contribution in [0.5, 0.6) is 0 Å². The van der Waals surface area contributed by atoms with E-state index in [1.54, 1.807) is 44.2 Å². The maximum absolute atomic E-state index is 14.1. The van der Waals surface area contributed by atoms with E-state index in [-0.39, 0.29) is 12.2 Å². The van der Waals surface area contributed by atoms with Gasteiger partial charge in [0.15, 0.2) is 5.69 Å². The highest BCUT2D eigenvalue weighted by atomic mass is 19.4. The molecule has 1 N–H and O–H groups in total. The topological polar surface area (TPSA) is 46.9 Å². The maximum atomic E-state index is 14.1. The largest absolute Gasteiger partial charge is 0.434 e. The van der Waals surface area contributed by atoms with Crippen molar-refractivity contribution in [1.82, 2.24) is 15.1 Å². The Morgan fingerprint density at radius 1 is 1.07 bits per heavy atom. The Bertz CT molecular complexity index is 1050. The van der Waals surface area contributed by atoms with Gasteiger partial charge in [-0.05, 0) is 30.7 Å². The Labute approximate surface area is 171 Å². The first kappa shape index (κ1) is 21.5. The standard InChI is InChI=1S/C22H21F4N3O/c1-14-8-10-15(11-9-14)29-19(22(24,25)26)16(12-28-29)20(30)27-13-21(2,3)17-6-4-5-7-18(17)23/h4-12H,13H2,1-3H3,(H,27,30). The van der Waals surface area contributed by atoms with Gasteiger partial charge in [0.2, 0.25) is 0 Å². The lowest BCUT2D eigenvalue weighted by molar-refractivity contribution is -0.143. The highest BCUT2D eigenvalue weighted by Gasteiger charge is 2.40. The van der Waals surface area contributed by atoms with Gasteiger partial charge in [-0.15, -0.1) is 0 Å². The van der Waals surface area contributed by atoms with Crippen molar-refractivity contribution in [3.63, 3.8) is 0 Å². The van der Waals surface area contributed by atoms with E-state index in [1.165, 1.54) is 18.2 Å². The van der Waals surface area contributed by atoms with Gasteiger partial charge in [0.05, 0.1) is 17.4 Å². The van der Waals surface area contributed by atoms with E-state index in [2.05, 4.69) is 10.4 Å². The second-order valence-electron chi connectivity index (χ2n) is 7.70. The minimum atomic E-state index is -4.80. The first-order chi connectivity index (χ1) is 14.0. The molecule has 1 heterocycles. The van der Waals surface area contributed by atoms with Gasteiger partial charge in [-0.25, -0.2) is 9.07 Å². The number of nitrogens with zero attached hydrogens (tertiary/aromatic N) is 2. The summed E-state index contributed by atoms with van der Waals surface area (Å²) in [6.07, 6.45) is -3.90. The van der Waals surface area contributed by atoms with Gasteiger partial charge >= 0.3 is 6.18 Å². The number of amides is 1. The minimum absolute atomic E-state index is 0.0558. The summed E-state index contributed by atoms with van der Waals surface area (Å²) in [6.45, 7) is 5.16. The third-order valence-electron chi connectivity index (χ3n) is 4.85. The molecule has 0 radical (unpaired) electrons. The fourth-order valence-electron chi connectivity index (χ4n) is 3.17. The van der Waals surface area contributed by atoms with Crippen LogP contribution in [-0.2, 0) is 11.6 Å². The summed E-state index contributed by atoms with van der Waals surface area (Å²) >= 11 is 0. The summed E-state index contributed by atoms with van der Waals surface area (Å²) in [4.78, 5) is 12.6. The lowest BCUT2D eigenvalue weighted by atomic mass is 9.84. The lowest BCUT2D eigenvalue weighted by Gasteiger charge is -2.26. The first-order valence-corrected chi connectivity index (χ1v) is 9.26. The number of halogens is 4. The Hall–Kier alpha value is -3.16. The quantitative estimate of drug-likeness (QED) is 0.589. The highest BCUT2D eigenvalue weighted by molar-refractivity contribution is 5.95. The molecule has 0 saturated heterocycles. The van der Waals surface area contributed by atoms with Crippen LogP contribution in [0.2, 0.25) is 0 Å². The smallest absolute Gasteiger partial charge is 0.351 e. The van der Waals surface area contributed by atoms with Crippen LogP contribution in [0.3, 0.4) is 0 Å². The number of carbonyl (C=O) groups excluding carboxylic acids is 1. The highest BCUT2D eigenvalue weighted by Crippen LogP contribution is 2.34. The van der Waals surface area contributed by atoms with Crippen LogP contribution >= 0.6 is 0 Å². The molecule has 0 fully saturated rings. The third-order valence-corrected chi connectivity index (χ3v) is 4.85. The molecule has 158 valence electrons. The average Bonchev–Trinajstić information content (AvgIpc) is 3.13. The van der Waals surface area contributed by atoms with E-state index in [4.69, 9.17) is 0 Å². The molecule has 8 heteroatoms. The van der Waals surface area contributed by atoms with Crippen LogP contribution in [0.15, 0.2) is 54.7 Å². The number of carbonyl (C=O) groups is 1. The molecule has 3 aromatic rings. The molecule has 0 saturated carbocycles. The molecule has 0 aliphatic carbocycles. The predicted molar refractivity (Wildman–Crippen MR) is 105 cm³/mol. The molecule has 4 nitrogen and oxygen atoms in total. The van der Waals surface area contributed by atoms with Gasteiger partial charge < -0.3 is 5.32 Å². The molecule has 3 rings (SSSR count). The summed E-state index contributed by atoms with van der Waals surface area (Å²) in [5, 5.41) is 6.29. The number of hydrogen-bond donors (Lipinski definition) is 1. The number of aromatic nitrogens is 2. The van der Waals surface area contributed by atoms with Crippen molar-refractivity contribution in [3.05, 3.63) is 82.9 Å². The molecule has 0 unspecified atom stereocenters. The second-order valence-corrected chi connectivity index (χ2v) is 7.70. The number of nitrogens with one attached hydrogen (secondary N) is 1. The van der Waals surface area contributed by atoms with Gasteiger partial charge in [-0.2, -0.15) is 18.3 Å². The molecule has 1 amide bonds. The zero-order chi connectivity index (χ0) is 22.1. The lowest BCUT2D eigenvalue weighted by Crippen LogP contribution is -2.38. The van der Waals surface area contributed by atoms with Crippen molar-refractivity contribution >= 4 is 5.91 Å². The summed E-state index contributed by atoms with van der Waals surface area (Å²) in [6, 6.07) is 12.4. The molecule has 0 spiro atoms. The normalized spacial score (nSPS) is 12.1. The molecule has 30 heavy (non-hydrogen) atoms. The van der Waals surface area contributed by atoms with Gasteiger partial charge in [-0.3, -0.25) is 4.79 Å². The fraction of sp³-hybridized carbons (Fsp3) is 0.273. The van der Waals surface area contributed by atoms with Crippen molar-refractivity contribution in [2.75, 3.05) is 6.54 Å². The fourth-order valence-corrected chi connectivity index (χ4v) is 3.17. The summed E-state index contributed by atoms with van der Waals surface area (Å²) in [5.41, 5.74) is -1.14. The monoisotopic (exact) mass is 419 g/mol. The van der Waals surface area contributed by atoms with Crippen molar-refractivity contribution in [1.29, 1.82) is 0 Å². The van der Waals surface area contributed by atoms with Crippen LogP contribution in [0, 0.1) is 12.7 Å². The number of alkyl halides is 3. The zero-order valence-electron chi connectivity index (χ0n) is 16.7. The van der Waals surface area contributed by atoms with E-state index in [1.807, 2.05) is 6.92 Å². The van der Waals surface area contributed by atoms with Crippen molar-refractivity contribution in [2.45, 2.75) is 32.4 Å². The summed E-state index contributed by atoms with van der Waals surface area (Å²) < 4.78 is 56.1. The molecule has 0 aliphatic heterocycles. The van der Waals surface area contributed by atoms with E-state index in [9.17, 15) is 22.4 Å². The van der Waals surface area contributed by atoms with Crippen LogP contribution < -0.4 is 5.32 Å². The van der Waals surface area contributed by atoms with Gasteiger partial charge in [0, 0.05) is 12.0 Å². The molecule has 0 aliphatic rings. The summed E-state index contributed by atoms with van der Waals surface area (Å²) in [7, 11) is 0. The molecular weight excluding hydrogens is 398 g/mol. The van der Waals surface area contributed by atoms with E-state index >= 15 is 0 Å². The minimum Gasteiger partial charge on any atom is -0.351 e. The molecular formula is C22H21F4N3O. The van der Waals surface area contributed by atoms with Crippen LogP contribution in [-0.4, -0.2) is 22.2 Å². The average molecular weight is 419 g/mol. The van der Waals surface area contributed by atoms with Crippen LogP contribution in [0.25, 0.3) is 5.69 Å². The van der Waals surface area contributed by atoms with Crippen LogP contribution in [0.4, 0.5) is 17.6 Å². The number of hydrogen-bond acceptors (Lipinski definition) is 2. The molecule has 2 aromatic carbocycles. The van der Waals surface area contributed by atoms with E-state index in [0.29, 0.717) is 10.2 Å². The second kappa shape index (κ2) is 7.93. The SMILES string of the molecule is Cc1ccc(-n2ncc(C(=O)NCC(C)(C)c3ccccc3F)c2C(F)(F)F)cc1. The van der Waals surface area contributed by atoms with Gasteiger partial charge in [0.25, 0.3) is 5.91 Å². The Morgan fingerprint density at radius 2 is 1.70 bits per heavy atom. The van der Waals surface area contributed by atoms with Crippen molar-refractivity contribution in [3.8, 4) is 5.69 Å². The Balaban J connectivity index is 1.89. The zero-order valence-corrected chi connectivity index (χ0v) is 16.7. The Morgan fingerprint density at radius 3 is 2.30 bits per heavy atom. The van der Waals surface area contributed by atoms with Gasteiger partial charge in [0.1, 0.15) is 5.82 Å². The number of rotatable bonds is 5.